The smallest absolute Gasteiger partial charge is 0.317 e. The summed E-state index contributed by atoms with van der Waals surface area (Å²) in [4.78, 5) is 26.5. The fourth-order valence-electron chi connectivity index (χ4n) is 6.42. The van der Waals surface area contributed by atoms with Crippen LogP contribution >= 0.6 is 0 Å². The van der Waals surface area contributed by atoms with Crippen LogP contribution in [0, 0.1) is 17.2 Å². The molecule has 1 saturated carbocycles. The third-order valence-electron chi connectivity index (χ3n) is 8.85. The summed E-state index contributed by atoms with van der Waals surface area (Å²) in [6.45, 7) is 5.87. The van der Waals surface area contributed by atoms with Gasteiger partial charge in [-0.25, -0.2) is 14.2 Å². The molecule has 40 heavy (non-hydrogen) atoms. The van der Waals surface area contributed by atoms with E-state index in [-0.39, 0.29) is 29.9 Å². The van der Waals surface area contributed by atoms with E-state index in [9.17, 15) is 14.3 Å². The topological polar surface area (TPSA) is 107 Å². The summed E-state index contributed by atoms with van der Waals surface area (Å²) in [6.07, 6.45) is 10.9. The Morgan fingerprint density at radius 3 is 2.73 bits per heavy atom. The Morgan fingerprint density at radius 1 is 1.27 bits per heavy atom. The molecule has 1 saturated heterocycles. The van der Waals surface area contributed by atoms with Crippen LogP contribution in [0.2, 0.25) is 0 Å². The second-order valence-electron chi connectivity index (χ2n) is 11.2. The lowest BCUT2D eigenvalue weighted by atomic mass is 9.67. The predicted octanol–water partition coefficient (Wildman–Crippen LogP) is 4.33. The fraction of sp³-hybridized carbons (Fsp3) is 0.452. The molecule has 1 aromatic carbocycles. The lowest BCUT2D eigenvalue weighted by Gasteiger charge is -2.39. The van der Waals surface area contributed by atoms with E-state index in [1.54, 1.807) is 24.5 Å². The monoisotopic (exact) mass is 546 g/mol. The number of β-amino-alcohol motifs (C(OH)–C–C–N with tert-alkyl or cyclic N) is 1. The molecule has 5 rings (SSSR count). The number of nitrogens with two attached hydrogens (primary N) is 1. The highest BCUT2D eigenvalue weighted by molar-refractivity contribution is 6.11. The second kappa shape index (κ2) is 12.3. The first-order valence-corrected chi connectivity index (χ1v) is 14.1. The number of aliphatic imine (C=N–C) groups is 1. The molecule has 8 nitrogen and oxygen atoms in total. The zero-order chi connectivity index (χ0) is 28.1. The number of amides is 2. The molecule has 2 fully saturated rings. The predicted molar refractivity (Wildman–Crippen MR) is 155 cm³/mol. The molecule has 2 aliphatic carbocycles. The zero-order valence-corrected chi connectivity index (χ0v) is 23.1. The lowest BCUT2D eigenvalue weighted by Crippen LogP contribution is -2.52. The van der Waals surface area contributed by atoms with Gasteiger partial charge in [-0.05, 0) is 90.8 Å². The van der Waals surface area contributed by atoms with E-state index in [4.69, 9.17) is 10.7 Å². The van der Waals surface area contributed by atoms with Crippen LogP contribution in [0.15, 0.2) is 77.2 Å². The van der Waals surface area contributed by atoms with Gasteiger partial charge in [0.25, 0.3) is 0 Å². The molecule has 3 aliphatic rings. The molecule has 0 radical (unpaired) electrons. The number of rotatable bonds is 7. The molecule has 9 heteroatoms. The number of piperazine rings is 1. The number of aliphatic hydroxyl groups excluding tert-OH is 1. The van der Waals surface area contributed by atoms with Crippen LogP contribution in [0.25, 0.3) is 0 Å². The molecule has 3 atom stereocenters. The van der Waals surface area contributed by atoms with Crippen molar-refractivity contribution in [3.8, 4) is 0 Å². The van der Waals surface area contributed by atoms with Crippen molar-refractivity contribution in [3.63, 3.8) is 0 Å². The molecule has 1 aromatic heterocycles. The molecule has 2 aromatic rings. The maximum Gasteiger partial charge on any atom is 0.317 e. The third-order valence-corrected chi connectivity index (χ3v) is 8.85. The van der Waals surface area contributed by atoms with Crippen molar-refractivity contribution >= 4 is 17.4 Å². The van der Waals surface area contributed by atoms with Crippen molar-refractivity contribution < 1.29 is 14.3 Å². The highest BCUT2D eigenvalue weighted by Crippen LogP contribution is 2.56. The normalized spacial score (nSPS) is 26.0. The van der Waals surface area contributed by atoms with Crippen LogP contribution in [-0.4, -0.2) is 71.0 Å². The molecular weight excluding hydrogens is 507 g/mol. The molecule has 4 N–H and O–H groups in total. The standard InChI is InChI=1S/C31H39FN6O2/c1-31-19-23(20-33)29(35-27-8-6-26(32)7-9-27)18-25(31)5-4-24(31)17-28(22-3-2-10-34-21-22)36-30(40)38-13-11-37(12-14-38)15-16-39/h2-3,6-10,18,20-21,24,28,39H,4-5,11-17,19,33H2,1H3,(H,36,40)/t24-,28?,31-/m1/s1. The largest absolute Gasteiger partial charge is 0.404 e. The number of allylic oxidation sites excluding steroid dienone is 3. The van der Waals surface area contributed by atoms with Gasteiger partial charge in [0.2, 0.25) is 0 Å². The molecule has 212 valence electrons. The Balaban J connectivity index is 1.34. The van der Waals surface area contributed by atoms with Crippen LogP contribution in [0.5, 0.6) is 0 Å². The van der Waals surface area contributed by atoms with E-state index in [1.807, 2.05) is 23.2 Å². The van der Waals surface area contributed by atoms with Crippen LogP contribution < -0.4 is 11.1 Å². The van der Waals surface area contributed by atoms with E-state index in [0.717, 1.165) is 55.6 Å². The van der Waals surface area contributed by atoms with Gasteiger partial charge in [0.15, 0.2) is 0 Å². The van der Waals surface area contributed by atoms with Crippen LogP contribution in [-0.2, 0) is 0 Å². The Bertz CT molecular complexity index is 1270. The summed E-state index contributed by atoms with van der Waals surface area (Å²) in [5.41, 5.74) is 10.9. The summed E-state index contributed by atoms with van der Waals surface area (Å²) < 4.78 is 13.4. The van der Waals surface area contributed by atoms with E-state index in [0.29, 0.717) is 31.2 Å². The van der Waals surface area contributed by atoms with Crippen molar-refractivity contribution in [1.29, 1.82) is 0 Å². The first kappa shape index (κ1) is 28.0. The number of aromatic nitrogens is 1. The molecule has 1 aliphatic heterocycles. The number of carbonyl (C=O) groups excluding carboxylic acids is 1. The molecular formula is C31H39FN6O2. The Kier molecular flexibility index (Phi) is 8.61. The SMILES string of the molecule is C[C@]12CC(=CN)C(=Nc3ccc(F)cc3)C=C1CC[C@@H]2CC(NC(=O)N1CCN(CCO)CC1)c1cccnc1. The Labute approximate surface area is 235 Å². The summed E-state index contributed by atoms with van der Waals surface area (Å²) >= 11 is 0. The highest BCUT2D eigenvalue weighted by atomic mass is 19.1. The van der Waals surface area contributed by atoms with E-state index < -0.39 is 0 Å². The second-order valence-corrected chi connectivity index (χ2v) is 11.2. The average molecular weight is 547 g/mol. The van der Waals surface area contributed by atoms with Crippen molar-refractivity contribution in [3.05, 3.63) is 83.6 Å². The number of hydrogen-bond acceptors (Lipinski definition) is 6. The van der Waals surface area contributed by atoms with E-state index >= 15 is 0 Å². The molecule has 0 bridgehead atoms. The number of fused-ring (bicyclic) bond motifs is 1. The summed E-state index contributed by atoms with van der Waals surface area (Å²) in [5, 5.41) is 12.6. The number of halogens is 1. The van der Waals surface area contributed by atoms with Crippen molar-refractivity contribution in [2.75, 3.05) is 39.3 Å². The van der Waals surface area contributed by atoms with E-state index in [1.165, 1.54) is 17.7 Å². The Morgan fingerprint density at radius 2 is 2.05 bits per heavy atom. The average Bonchev–Trinajstić information content (AvgIpc) is 3.29. The van der Waals surface area contributed by atoms with Gasteiger partial charge in [0.05, 0.1) is 24.0 Å². The van der Waals surface area contributed by atoms with Crippen molar-refractivity contribution in [2.24, 2.45) is 22.1 Å². The molecule has 2 amide bonds. The number of pyridine rings is 1. The number of nitrogens with zero attached hydrogens (tertiary/aromatic N) is 4. The van der Waals surface area contributed by atoms with Gasteiger partial charge in [0, 0.05) is 45.1 Å². The number of benzene rings is 1. The minimum absolute atomic E-state index is 0.0590. The number of nitrogens with one attached hydrogen (secondary N) is 1. The number of hydrogen-bond donors (Lipinski definition) is 3. The van der Waals surface area contributed by atoms with Crippen LogP contribution in [0.1, 0.15) is 44.2 Å². The highest BCUT2D eigenvalue weighted by Gasteiger charge is 2.46. The van der Waals surface area contributed by atoms with Gasteiger partial charge >= 0.3 is 6.03 Å². The van der Waals surface area contributed by atoms with Crippen LogP contribution in [0.3, 0.4) is 0 Å². The first-order chi connectivity index (χ1) is 19.4. The van der Waals surface area contributed by atoms with Crippen molar-refractivity contribution in [2.45, 2.75) is 38.6 Å². The van der Waals surface area contributed by atoms with Gasteiger partial charge in [-0.2, -0.15) is 0 Å². The quantitative estimate of drug-likeness (QED) is 0.479. The maximum absolute atomic E-state index is 13.4. The molecule has 0 spiro atoms. The van der Waals surface area contributed by atoms with E-state index in [2.05, 4.69) is 28.2 Å². The van der Waals surface area contributed by atoms with Gasteiger partial charge < -0.3 is 21.1 Å². The van der Waals surface area contributed by atoms with Gasteiger partial charge in [-0.1, -0.05) is 18.6 Å². The number of aliphatic hydroxyl groups is 1. The van der Waals surface area contributed by atoms with Gasteiger partial charge in [-0.3, -0.25) is 9.88 Å². The maximum atomic E-state index is 13.4. The summed E-state index contributed by atoms with van der Waals surface area (Å²) in [7, 11) is 0. The first-order valence-electron chi connectivity index (χ1n) is 14.1. The third kappa shape index (κ3) is 6.10. The summed E-state index contributed by atoms with van der Waals surface area (Å²) in [5.74, 6) is 0.0407. The molecule has 1 unspecified atom stereocenters. The number of urea groups is 1. The fourth-order valence-corrected chi connectivity index (χ4v) is 6.42. The van der Waals surface area contributed by atoms with Crippen LogP contribution in [0.4, 0.5) is 14.9 Å². The van der Waals surface area contributed by atoms with Crippen molar-refractivity contribution in [1.82, 2.24) is 20.1 Å². The lowest BCUT2D eigenvalue weighted by molar-refractivity contribution is 0.119. The minimum atomic E-state index is -0.286. The minimum Gasteiger partial charge on any atom is -0.404 e. The Hall–Kier alpha value is -3.56. The zero-order valence-electron chi connectivity index (χ0n) is 23.1. The van der Waals surface area contributed by atoms with Gasteiger partial charge in [0.1, 0.15) is 5.82 Å². The van der Waals surface area contributed by atoms with Gasteiger partial charge in [-0.15, -0.1) is 0 Å². The summed E-state index contributed by atoms with van der Waals surface area (Å²) in [6, 6.07) is 9.90. The molecule has 2 heterocycles. The number of carbonyl (C=O) groups is 1.